The quantitative estimate of drug-likeness (QED) is 0.619. The molecule has 0 bridgehead atoms. The van der Waals surface area contributed by atoms with Gasteiger partial charge in [0.2, 0.25) is 0 Å². The number of Topliss-reactive ketones (excluding diaryl/α,β-unsaturated/α-hetero) is 1. The molecule has 0 unspecified atom stereocenters. The molecule has 1 fully saturated rings. The van der Waals surface area contributed by atoms with Gasteiger partial charge in [0.1, 0.15) is 4.91 Å². The summed E-state index contributed by atoms with van der Waals surface area (Å²) < 4.78 is 4.42. The third-order valence-corrected chi connectivity index (χ3v) is 4.85. The molecule has 2 heterocycles. The van der Waals surface area contributed by atoms with Crippen molar-refractivity contribution in [3.05, 3.63) is 51.6 Å². The normalized spacial score (nSPS) is 18.8. The predicted octanol–water partition coefficient (Wildman–Crippen LogP) is 3.88. The summed E-state index contributed by atoms with van der Waals surface area (Å²) in [6.07, 6.45) is 5.43. The predicted molar refractivity (Wildman–Crippen MR) is 92.5 cm³/mol. The molecule has 0 spiro atoms. The first-order chi connectivity index (χ1) is 10.7. The van der Waals surface area contributed by atoms with E-state index in [0.717, 1.165) is 24.4 Å². The van der Waals surface area contributed by atoms with Crippen LogP contribution in [0.5, 0.6) is 0 Å². The second-order valence-electron chi connectivity index (χ2n) is 5.45. The Morgan fingerprint density at radius 3 is 2.59 bits per heavy atom. The number of benzene rings is 1. The standard InChI is InChI=1S/C17H17ClN2OS/c18-14-6-4-13(5-7-14)15-8-9-17(22-19-15)16(21)12-20-10-2-1-3-11-20/h4-8H,1-3,10-12H2. The molecule has 5 heteroatoms. The van der Waals surface area contributed by atoms with Gasteiger partial charge in [0, 0.05) is 28.6 Å². The minimum absolute atomic E-state index is 0.113. The molecule has 114 valence electrons. The van der Waals surface area contributed by atoms with Gasteiger partial charge in [-0.15, -0.1) is 0 Å². The fourth-order valence-electron chi connectivity index (χ4n) is 2.56. The molecule has 0 atom stereocenters. The minimum Gasteiger partial charge on any atom is -0.296 e. The first kappa shape index (κ1) is 15.6. The average Bonchev–Trinajstić information content (AvgIpc) is 2.57. The molecule has 0 amide bonds. The van der Waals surface area contributed by atoms with E-state index in [0.29, 0.717) is 16.5 Å². The lowest BCUT2D eigenvalue weighted by atomic mass is 10.1. The number of carbonyl (C=O) groups excluding carboxylic acids is 1. The molecule has 0 saturated carbocycles. The Morgan fingerprint density at radius 1 is 1.23 bits per heavy atom. The van der Waals surface area contributed by atoms with Crippen molar-refractivity contribution in [3.8, 4) is 0 Å². The molecule has 22 heavy (non-hydrogen) atoms. The Bertz CT molecular complexity index is 654. The third-order valence-electron chi connectivity index (χ3n) is 3.78. The number of nitrogens with zero attached hydrogens (tertiary/aromatic N) is 2. The maximum atomic E-state index is 12.3. The summed E-state index contributed by atoms with van der Waals surface area (Å²) in [6, 6.07) is 7.50. The Morgan fingerprint density at radius 2 is 1.95 bits per heavy atom. The zero-order valence-corrected chi connectivity index (χ0v) is 13.8. The van der Waals surface area contributed by atoms with E-state index in [1.165, 1.54) is 31.2 Å². The van der Waals surface area contributed by atoms with Crippen LogP contribution >= 0.6 is 23.5 Å². The molecular weight excluding hydrogens is 316 g/mol. The van der Waals surface area contributed by atoms with Gasteiger partial charge >= 0.3 is 0 Å². The van der Waals surface area contributed by atoms with E-state index in [1.807, 2.05) is 24.3 Å². The molecule has 3 nitrogen and oxygen atoms in total. The second kappa shape index (κ2) is 7.30. The van der Waals surface area contributed by atoms with E-state index in [1.54, 1.807) is 6.08 Å². The van der Waals surface area contributed by atoms with Gasteiger partial charge in [0.05, 0.1) is 12.3 Å². The summed E-state index contributed by atoms with van der Waals surface area (Å²) in [4.78, 5) is 15.1. The minimum atomic E-state index is 0.113. The molecule has 0 N–H and O–H groups in total. The monoisotopic (exact) mass is 332 g/mol. The molecule has 1 aromatic carbocycles. The van der Waals surface area contributed by atoms with Crippen molar-refractivity contribution in [1.29, 1.82) is 0 Å². The lowest BCUT2D eigenvalue weighted by Crippen LogP contribution is -2.34. The van der Waals surface area contributed by atoms with Crippen LogP contribution in [-0.4, -0.2) is 36.0 Å². The zero-order valence-electron chi connectivity index (χ0n) is 12.2. The number of ketones is 1. The molecule has 1 saturated heterocycles. The van der Waals surface area contributed by atoms with E-state index in [-0.39, 0.29) is 5.78 Å². The smallest absolute Gasteiger partial charge is 0.192 e. The van der Waals surface area contributed by atoms with E-state index < -0.39 is 0 Å². The Labute approximate surface area is 139 Å². The molecule has 0 aromatic heterocycles. The van der Waals surface area contributed by atoms with E-state index in [2.05, 4.69) is 15.0 Å². The third kappa shape index (κ3) is 3.90. The molecular formula is C17H17ClN2OS. The highest BCUT2D eigenvalue weighted by Crippen LogP contribution is 2.24. The number of piperidine rings is 1. The van der Waals surface area contributed by atoms with E-state index in [4.69, 9.17) is 11.6 Å². The van der Waals surface area contributed by atoms with Gasteiger partial charge in [0.25, 0.3) is 0 Å². The second-order valence-corrected chi connectivity index (χ2v) is 6.66. The number of hydrogen-bond acceptors (Lipinski definition) is 4. The van der Waals surface area contributed by atoms with Crippen molar-refractivity contribution in [1.82, 2.24) is 4.90 Å². The van der Waals surface area contributed by atoms with Crippen LogP contribution in [0.15, 0.2) is 45.4 Å². The highest BCUT2D eigenvalue weighted by atomic mass is 35.5. The number of rotatable bonds is 4. The van der Waals surface area contributed by atoms with Gasteiger partial charge in [-0.1, -0.05) is 35.9 Å². The number of halogens is 1. The number of carbonyl (C=O) groups is 1. The highest BCUT2D eigenvalue weighted by molar-refractivity contribution is 8.03. The molecule has 0 radical (unpaired) electrons. The number of likely N-dealkylation sites (tertiary alicyclic amines) is 1. The van der Waals surface area contributed by atoms with Crippen molar-refractivity contribution in [2.75, 3.05) is 19.6 Å². The molecule has 2 aliphatic heterocycles. The van der Waals surface area contributed by atoms with Crippen molar-refractivity contribution < 1.29 is 4.79 Å². The van der Waals surface area contributed by atoms with Crippen LogP contribution in [0.1, 0.15) is 24.8 Å². The number of hydrogen-bond donors (Lipinski definition) is 0. The van der Waals surface area contributed by atoms with Crippen LogP contribution < -0.4 is 0 Å². The average molecular weight is 333 g/mol. The summed E-state index contributed by atoms with van der Waals surface area (Å²) in [5.41, 5.74) is 4.88. The Hall–Kier alpha value is -1.32. The van der Waals surface area contributed by atoms with Crippen LogP contribution in [0.4, 0.5) is 0 Å². The van der Waals surface area contributed by atoms with Crippen LogP contribution in [0.3, 0.4) is 0 Å². The van der Waals surface area contributed by atoms with Crippen LogP contribution in [0.2, 0.25) is 5.02 Å². The summed E-state index contributed by atoms with van der Waals surface area (Å²) in [7, 11) is 0. The SMILES string of the molecule is O=C(CN1CCCCC1)C1=C=CC(c2ccc(Cl)cc2)=NS1. The van der Waals surface area contributed by atoms with Crippen molar-refractivity contribution in [3.63, 3.8) is 0 Å². The van der Waals surface area contributed by atoms with Gasteiger partial charge in [-0.25, -0.2) is 4.40 Å². The highest BCUT2D eigenvalue weighted by Gasteiger charge is 2.18. The molecule has 1 aromatic rings. The summed E-state index contributed by atoms with van der Waals surface area (Å²) in [5.74, 6) is 0.113. The fraction of sp³-hybridized carbons (Fsp3) is 0.353. The maximum Gasteiger partial charge on any atom is 0.192 e. The van der Waals surface area contributed by atoms with Gasteiger partial charge in [-0.05, 0) is 38.1 Å². The fourth-order valence-corrected chi connectivity index (χ4v) is 3.31. The largest absolute Gasteiger partial charge is 0.296 e. The van der Waals surface area contributed by atoms with E-state index >= 15 is 0 Å². The molecule has 3 rings (SSSR count). The summed E-state index contributed by atoms with van der Waals surface area (Å²) in [5, 5.41) is 0.699. The summed E-state index contributed by atoms with van der Waals surface area (Å²) in [6.45, 7) is 2.52. The first-order valence-corrected chi connectivity index (χ1v) is 8.61. The lowest BCUT2D eigenvalue weighted by molar-refractivity contribution is -0.116. The molecule has 0 aliphatic carbocycles. The molecule has 2 aliphatic rings. The summed E-state index contributed by atoms with van der Waals surface area (Å²) >= 11 is 7.10. The van der Waals surface area contributed by atoms with Crippen LogP contribution in [0, 0.1) is 0 Å². The first-order valence-electron chi connectivity index (χ1n) is 7.45. The van der Waals surface area contributed by atoms with Crippen LogP contribution in [-0.2, 0) is 4.79 Å². The van der Waals surface area contributed by atoms with Crippen LogP contribution in [0.25, 0.3) is 0 Å². The van der Waals surface area contributed by atoms with Crippen molar-refractivity contribution in [2.45, 2.75) is 19.3 Å². The Balaban J connectivity index is 1.66. The Kier molecular flexibility index (Phi) is 5.16. The zero-order chi connectivity index (χ0) is 15.4. The van der Waals surface area contributed by atoms with Crippen molar-refractivity contribution in [2.24, 2.45) is 4.40 Å². The van der Waals surface area contributed by atoms with Gasteiger partial charge in [-0.3, -0.25) is 9.69 Å². The maximum absolute atomic E-state index is 12.3. The lowest BCUT2D eigenvalue weighted by Gasteiger charge is -2.25. The van der Waals surface area contributed by atoms with Gasteiger partial charge < -0.3 is 0 Å². The van der Waals surface area contributed by atoms with E-state index in [9.17, 15) is 4.79 Å². The van der Waals surface area contributed by atoms with Crippen molar-refractivity contribution >= 4 is 35.0 Å². The van der Waals surface area contributed by atoms with Gasteiger partial charge in [0.15, 0.2) is 5.78 Å². The van der Waals surface area contributed by atoms with Gasteiger partial charge in [-0.2, -0.15) is 0 Å². The topological polar surface area (TPSA) is 32.7 Å².